The van der Waals surface area contributed by atoms with Gasteiger partial charge in [0.1, 0.15) is 22.9 Å². The molecule has 6 aromatic carbocycles. The van der Waals surface area contributed by atoms with Crippen molar-refractivity contribution in [2.24, 2.45) is 11.8 Å². The average molecular weight is 1630 g/mol. The highest BCUT2D eigenvalue weighted by Gasteiger charge is 2.38. The van der Waals surface area contributed by atoms with E-state index in [-0.39, 0.29) is 81.2 Å². The van der Waals surface area contributed by atoms with Gasteiger partial charge in [0.15, 0.2) is 22.9 Å². The minimum Gasteiger partial charge on any atom is -0.507 e. The van der Waals surface area contributed by atoms with Crippen LogP contribution in [-0.4, -0.2) is 71.8 Å². The van der Waals surface area contributed by atoms with Crippen LogP contribution in [0, 0.1) is 11.8 Å². The van der Waals surface area contributed by atoms with Crippen LogP contribution in [-0.2, 0) is 22.3 Å². The number of nitrogens with one attached hydrogen (secondary N) is 2. The molecule has 0 fully saturated rings. The lowest BCUT2D eigenvalue weighted by Gasteiger charge is -2.28. The molecule has 0 radical (unpaired) electrons. The molecule has 18 heteroatoms. The van der Waals surface area contributed by atoms with Crippen LogP contribution in [0.25, 0.3) is 0 Å². The van der Waals surface area contributed by atoms with E-state index in [0.29, 0.717) is 48.4 Å². The number of hydrogen-bond acceptors (Lipinski definition) is 10. The molecule has 0 aromatic heterocycles. The van der Waals surface area contributed by atoms with Crippen LogP contribution in [0.4, 0.5) is 32.3 Å². The van der Waals surface area contributed by atoms with Gasteiger partial charge < -0.3 is 30.3 Å². The van der Waals surface area contributed by atoms with Crippen molar-refractivity contribution in [1.82, 2.24) is 10.6 Å². The van der Waals surface area contributed by atoms with E-state index in [1.54, 1.807) is 60.7 Å². The number of phenolic OH excluding ortho intramolecular Hbond substituents is 2. The van der Waals surface area contributed by atoms with Crippen LogP contribution in [0.3, 0.4) is 0 Å². The van der Waals surface area contributed by atoms with Gasteiger partial charge in [-0.3, -0.25) is 29.8 Å². The molecule has 8 N–H and O–H groups in total. The molecule has 0 aliphatic heterocycles. The Labute approximate surface area is 626 Å². The van der Waals surface area contributed by atoms with Gasteiger partial charge in [0.05, 0.1) is 53.4 Å². The van der Waals surface area contributed by atoms with Gasteiger partial charge >= 0.3 is 12.2 Å². The van der Waals surface area contributed by atoms with Crippen molar-refractivity contribution in [2.75, 3.05) is 26.3 Å². The first-order chi connectivity index (χ1) is 48.6. The van der Waals surface area contributed by atoms with Crippen molar-refractivity contribution >= 4 is 122 Å². The molecule has 0 saturated carbocycles. The summed E-state index contributed by atoms with van der Waals surface area (Å²) in [6.45, 7) is 6.24. The van der Waals surface area contributed by atoms with Crippen molar-refractivity contribution < 1.29 is 59.1 Å². The van der Waals surface area contributed by atoms with Crippen molar-refractivity contribution in [1.29, 1.82) is 0 Å². The molecule has 0 spiro atoms. The molecule has 100 heavy (non-hydrogen) atoms. The molecular formula is C82H104Br4N4O10+2. The molecule has 2 atom stereocenters. The monoisotopic (exact) mass is 1620 g/mol. The number of carbonyl (C=O) groups is 6. The van der Waals surface area contributed by atoms with E-state index in [9.17, 15) is 39.0 Å². The van der Waals surface area contributed by atoms with Gasteiger partial charge in [0, 0.05) is 60.3 Å². The predicted octanol–water partition coefficient (Wildman–Crippen LogP) is 21.0. The van der Waals surface area contributed by atoms with E-state index in [4.69, 9.17) is 9.47 Å². The van der Waals surface area contributed by atoms with E-state index in [1.165, 1.54) is 179 Å². The van der Waals surface area contributed by atoms with Gasteiger partial charge in [-0.2, -0.15) is 0 Å². The quantitative estimate of drug-likeness (QED) is 0.0120. The molecule has 0 bridgehead atoms. The number of unbranched alkanes of at least 4 members (excludes halogenated alkanes) is 22. The first kappa shape index (κ1) is 79.7. The lowest BCUT2D eigenvalue weighted by molar-refractivity contribution is -0.480. The lowest BCUT2D eigenvalue weighted by Crippen LogP contribution is -2.72. The Kier molecular flexibility index (Phi) is 33.9. The summed E-state index contributed by atoms with van der Waals surface area (Å²) in [6, 6.07) is 27.4. The van der Waals surface area contributed by atoms with Gasteiger partial charge in [-0.25, -0.2) is 9.59 Å². The van der Waals surface area contributed by atoms with Crippen LogP contribution < -0.4 is 21.3 Å². The summed E-state index contributed by atoms with van der Waals surface area (Å²) in [5, 5.41) is 30.8. The largest absolute Gasteiger partial charge is 0.507 e. The first-order valence-corrected chi connectivity index (χ1v) is 40.3. The third-order valence-corrected chi connectivity index (χ3v) is 22.5. The summed E-state index contributed by atoms with van der Waals surface area (Å²) in [7, 11) is 0. The maximum Gasteiger partial charge on any atom is 0.407 e. The molecular weight excluding hydrogens is 1520 g/mol. The summed E-state index contributed by atoms with van der Waals surface area (Å²) in [5.74, 6) is -0.145. The van der Waals surface area contributed by atoms with E-state index in [0.717, 1.165) is 77.9 Å². The highest BCUT2D eigenvalue weighted by molar-refractivity contribution is 9.11. The Morgan fingerprint density at radius 3 is 0.980 bits per heavy atom. The number of quaternary nitrogens is 2. The van der Waals surface area contributed by atoms with Gasteiger partial charge in [0.2, 0.25) is 11.6 Å². The van der Waals surface area contributed by atoms with Gasteiger partial charge in [-0.05, 0) is 136 Å². The molecule has 14 nitrogen and oxygen atoms in total. The van der Waals surface area contributed by atoms with Crippen LogP contribution >= 0.6 is 63.7 Å². The average Bonchev–Trinajstić information content (AvgIpc) is 0.751. The number of amides is 2. The molecule has 538 valence electrons. The number of carbonyl (C=O) groups excluding carboxylic acids is 6. The second kappa shape index (κ2) is 42.5. The van der Waals surface area contributed by atoms with Crippen molar-refractivity contribution in [3.05, 3.63) is 171 Å². The molecule has 2 amide bonds. The molecule has 6 aromatic rings. The van der Waals surface area contributed by atoms with Crippen LogP contribution in [0.5, 0.6) is 11.5 Å². The number of ketones is 4. The Hall–Kier alpha value is -6.02. The van der Waals surface area contributed by atoms with Gasteiger partial charge in [0.25, 0.3) is 0 Å². The highest BCUT2D eigenvalue weighted by atomic mass is 79.9. The zero-order valence-electron chi connectivity index (χ0n) is 58.7. The van der Waals surface area contributed by atoms with Crippen LogP contribution in [0.2, 0.25) is 0 Å². The standard InChI is InChI=1S/C82H102Br4N4O10/c1-3-5-7-17-23-33-57(35-25-19-13-9-11-15-21-31-47-87-81(97)99-49-45-55-51-63(83)75(64(84)52-55)89-67-41-43-69(91)73-71(67)77(93)59-37-27-29-39-61(59)79(73)95)58(34-24-18-8-6-4-2)36-26-20-14-10-12-16-22-32-48-88-82(98)100-50-46-56-53-65(85)76(66(86)54-56)90-68-42-44-70(92)74-72(68)78(94)60-38-28-30-40-62(60)80(74)96/h27-30,37-44,51-54,57-58,89-92H,3-26,31-36,45-50H2,1-2H3,(H,87,97)(H,88,98)/p+2. The Morgan fingerprint density at radius 2 is 0.670 bits per heavy atom. The maximum absolute atomic E-state index is 13.6. The SMILES string of the molecule is CCCCCCCC(CCCCCCCCCCNC(=O)OCCc1cc(Br)c([NH2+]c2ccc(O)c3c2C(=O)c2ccccc2C3=O)c(Br)c1)C(CCCCCCC)CCCCCCCCCCNC(=O)OCCc1cc(Br)c([NH2+]c2ccc(O)c3c2C(=O)c2ccccc2C3=O)c(Br)c1. The summed E-state index contributed by atoms with van der Waals surface area (Å²) in [5.41, 5.74) is 6.04. The number of ether oxygens (including phenoxy) is 2. The summed E-state index contributed by atoms with van der Waals surface area (Å²) >= 11 is 14.8. The second-order valence-corrected chi connectivity index (χ2v) is 30.7. The molecule has 0 heterocycles. The number of phenols is 2. The number of rotatable bonds is 45. The molecule has 8 rings (SSSR count). The summed E-state index contributed by atoms with van der Waals surface area (Å²) in [6.07, 6.45) is 38.5. The van der Waals surface area contributed by atoms with Crippen molar-refractivity contribution in [3.8, 4) is 11.5 Å². The third kappa shape index (κ3) is 23.5. The smallest absolute Gasteiger partial charge is 0.407 e. The number of fused-ring (bicyclic) bond motifs is 4. The number of halogens is 4. The maximum atomic E-state index is 13.6. The number of aromatic hydroxyl groups is 2. The number of benzene rings is 6. The van der Waals surface area contributed by atoms with E-state index < -0.39 is 12.2 Å². The highest BCUT2D eigenvalue weighted by Crippen LogP contribution is 2.41. The van der Waals surface area contributed by atoms with Gasteiger partial charge in [-0.1, -0.05) is 242 Å². The zero-order chi connectivity index (χ0) is 71.2. The number of hydrogen-bond donors (Lipinski definition) is 6. The van der Waals surface area contributed by atoms with E-state index in [1.807, 2.05) is 34.9 Å². The fourth-order valence-corrected chi connectivity index (χ4v) is 17.3. The minimum absolute atomic E-state index is 0.0142. The normalized spacial score (nSPS) is 13.0. The molecule has 2 unspecified atom stereocenters. The van der Waals surface area contributed by atoms with Crippen molar-refractivity contribution in [3.63, 3.8) is 0 Å². The first-order valence-electron chi connectivity index (χ1n) is 37.1. The Morgan fingerprint density at radius 1 is 0.390 bits per heavy atom. The van der Waals surface area contributed by atoms with E-state index >= 15 is 0 Å². The fraction of sp³-hybridized carbons (Fsp3) is 0.488. The van der Waals surface area contributed by atoms with Crippen LogP contribution in [0.15, 0.2) is 115 Å². The topological polar surface area (TPSA) is 219 Å². The minimum atomic E-state index is -0.411. The van der Waals surface area contributed by atoms with Crippen LogP contribution in [0.1, 0.15) is 281 Å². The number of nitrogens with two attached hydrogens (primary N) is 2. The molecule has 2 aliphatic rings. The van der Waals surface area contributed by atoms with Crippen molar-refractivity contribution in [2.45, 2.75) is 219 Å². The van der Waals surface area contributed by atoms with Gasteiger partial charge in [-0.15, -0.1) is 0 Å². The summed E-state index contributed by atoms with van der Waals surface area (Å²) < 4.78 is 14.1. The Bertz CT molecular complexity index is 3440. The fourth-order valence-electron chi connectivity index (χ4n) is 14.3. The number of alkyl carbamates (subject to hydrolysis) is 2. The third-order valence-electron chi connectivity index (χ3n) is 19.9. The van der Waals surface area contributed by atoms with E-state index in [2.05, 4.69) is 88.2 Å². The Balaban J connectivity index is 0.656. The second-order valence-electron chi connectivity index (χ2n) is 27.3. The summed E-state index contributed by atoms with van der Waals surface area (Å²) in [4.78, 5) is 79.3. The molecule has 0 saturated heterocycles. The molecule has 2 aliphatic carbocycles. The lowest BCUT2D eigenvalue weighted by atomic mass is 9.78. The zero-order valence-corrected chi connectivity index (χ0v) is 65.0. The predicted molar refractivity (Wildman–Crippen MR) is 412 cm³/mol.